The average Bonchev–Trinajstić information content (AvgIpc) is 2.98. The van der Waals surface area contributed by atoms with Crippen LogP contribution in [0.4, 0.5) is 0 Å². The molecule has 3 nitrogen and oxygen atoms in total. The van der Waals surface area contributed by atoms with Crippen molar-refractivity contribution >= 4 is 0 Å². The van der Waals surface area contributed by atoms with E-state index in [-0.39, 0.29) is 6.10 Å². The van der Waals surface area contributed by atoms with Gasteiger partial charge in [0.05, 0.1) is 6.10 Å². The molecule has 4 aliphatic carbocycles. The van der Waals surface area contributed by atoms with E-state index in [9.17, 15) is 5.11 Å². The largest absolute Gasteiger partial charge is 0.393 e. The summed E-state index contributed by atoms with van der Waals surface area (Å²) in [4.78, 5) is 0. The first-order chi connectivity index (χ1) is 12.0. The van der Waals surface area contributed by atoms with Gasteiger partial charge in [-0.15, -0.1) is 0 Å². The van der Waals surface area contributed by atoms with Crippen molar-refractivity contribution in [2.45, 2.75) is 77.1 Å². The van der Waals surface area contributed by atoms with E-state index in [0.29, 0.717) is 23.2 Å². The third-order valence-corrected chi connectivity index (χ3v) is 8.95. The Morgan fingerprint density at radius 2 is 1.68 bits per heavy atom. The number of aliphatic hydroxyl groups is 1. The minimum atomic E-state index is -0.469. The smallest absolute Gasteiger partial charge is 0.167 e. The molecule has 0 aromatic heterocycles. The van der Waals surface area contributed by atoms with Crippen molar-refractivity contribution < 1.29 is 14.6 Å². The van der Waals surface area contributed by atoms with Gasteiger partial charge in [-0.1, -0.05) is 18.6 Å². The number of fused-ring (bicyclic) bond motifs is 5. The zero-order valence-electron chi connectivity index (χ0n) is 16.5. The summed E-state index contributed by atoms with van der Waals surface area (Å²) in [6.07, 6.45) is 11.5. The van der Waals surface area contributed by atoms with Gasteiger partial charge in [0, 0.05) is 27.1 Å². The topological polar surface area (TPSA) is 38.7 Å². The van der Waals surface area contributed by atoms with Crippen molar-refractivity contribution in [2.75, 3.05) is 14.2 Å². The lowest BCUT2D eigenvalue weighted by Gasteiger charge is -2.58. The van der Waals surface area contributed by atoms with Crippen LogP contribution in [0.2, 0.25) is 0 Å². The van der Waals surface area contributed by atoms with E-state index in [0.717, 1.165) is 37.5 Å². The van der Waals surface area contributed by atoms with Gasteiger partial charge in [0.15, 0.2) is 5.79 Å². The monoisotopic (exact) mass is 348 g/mol. The van der Waals surface area contributed by atoms with Gasteiger partial charge in [0.2, 0.25) is 0 Å². The molecule has 0 bridgehead atoms. The summed E-state index contributed by atoms with van der Waals surface area (Å²) >= 11 is 0. The number of hydrogen-bond acceptors (Lipinski definition) is 3. The second-order valence-electron chi connectivity index (χ2n) is 9.44. The average molecular weight is 349 g/mol. The molecule has 3 heteroatoms. The fourth-order valence-corrected chi connectivity index (χ4v) is 7.58. The zero-order chi connectivity index (χ0) is 17.8. The van der Waals surface area contributed by atoms with Gasteiger partial charge in [0.1, 0.15) is 0 Å². The summed E-state index contributed by atoms with van der Waals surface area (Å²) in [6.45, 7) is 4.73. The van der Waals surface area contributed by atoms with Gasteiger partial charge in [-0.2, -0.15) is 0 Å². The maximum absolute atomic E-state index is 11.1. The van der Waals surface area contributed by atoms with Crippen molar-refractivity contribution in [3.05, 3.63) is 11.6 Å². The van der Waals surface area contributed by atoms with E-state index >= 15 is 0 Å². The Morgan fingerprint density at radius 3 is 2.36 bits per heavy atom. The minimum Gasteiger partial charge on any atom is -0.393 e. The predicted molar refractivity (Wildman–Crippen MR) is 99.0 cm³/mol. The molecule has 0 aromatic rings. The van der Waals surface area contributed by atoms with Crippen LogP contribution in [-0.4, -0.2) is 31.2 Å². The molecule has 4 fully saturated rings. The Hall–Kier alpha value is -0.380. The second kappa shape index (κ2) is 6.35. The van der Waals surface area contributed by atoms with Gasteiger partial charge in [-0.25, -0.2) is 0 Å². The number of hydrogen-bond donors (Lipinski definition) is 1. The summed E-state index contributed by atoms with van der Waals surface area (Å²) in [6, 6.07) is 0. The molecule has 7 atom stereocenters. The SMILES string of the molecule is C/C=C1/CC[C@H]2[C@@H]3C[C@@H](O)C4CC(OC)(OC)CC[C@@H]4[C@H]3CC[C@]12C. The molecule has 0 heterocycles. The van der Waals surface area contributed by atoms with Crippen LogP contribution in [0.15, 0.2) is 11.6 Å². The molecule has 142 valence electrons. The van der Waals surface area contributed by atoms with Crippen molar-refractivity contribution in [3.63, 3.8) is 0 Å². The minimum absolute atomic E-state index is 0.187. The van der Waals surface area contributed by atoms with Crippen LogP contribution in [0, 0.1) is 35.0 Å². The van der Waals surface area contributed by atoms with Gasteiger partial charge in [-0.3, -0.25) is 0 Å². The fourth-order valence-electron chi connectivity index (χ4n) is 7.58. The number of ether oxygens (including phenoxy) is 2. The summed E-state index contributed by atoms with van der Waals surface area (Å²) in [5.74, 6) is 2.83. The molecular weight excluding hydrogens is 312 g/mol. The van der Waals surface area contributed by atoms with Gasteiger partial charge >= 0.3 is 0 Å². The maximum atomic E-state index is 11.1. The van der Waals surface area contributed by atoms with Crippen molar-refractivity contribution in [2.24, 2.45) is 35.0 Å². The van der Waals surface area contributed by atoms with Crippen LogP contribution >= 0.6 is 0 Å². The first kappa shape index (κ1) is 18.0. The van der Waals surface area contributed by atoms with E-state index in [1.165, 1.54) is 25.7 Å². The summed E-state index contributed by atoms with van der Waals surface area (Å²) < 4.78 is 11.5. The molecule has 4 aliphatic rings. The van der Waals surface area contributed by atoms with Crippen LogP contribution in [0.25, 0.3) is 0 Å². The lowest BCUT2D eigenvalue weighted by molar-refractivity contribution is -0.256. The lowest BCUT2D eigenvalue weighted by atomic mass is 9.49. The number of rotatable bonds is 2. The van der Waals surface area contributed by atoms with E-state index in [2.05, 4.69) is 19.9 Å². The maximum Gasteiger partial charge on any atom is 0.167 e. The van der Waals surface area contributed by atoms with E-state index in [4.69, 9.17) is 9.47 Å². The normalized spacial score (nSPS) is 50.2. The first-order valence-electron chi connectivity index (χ1n) is 10.4. The third-order valence-electron chi connectivity index (χ3n) is 8.95. The van der Waals surface area contributed by atoms with E-state index < -0.39 is 5.79 Å². The van der Waals surface area contributed by atoms with E-state index in [1.807, 2.05) is 0 Å². The first-order valence-corrected chi connectivity index (χ1v) is 10.4. The molecule has 0 aliphatic heterocycles. The van der Waals surface area contributed by atoms with Crippen molar-refractivity contribution in [3.8, 4) is 0 Å². The summed E-state index contributed by atoms with van der Waals surface area (Å²) in [7, 11) is 3.51. The lowest BCUT2D eigenvalue weighted by Crippen LogP contribution is -2.55. The highest BCUT2D eigenvalue weighted by Crippen LogP contribution is 2.64. The number of methoxy groups -OCH3 is 2. The Morgan fingerprint density at radius 1 is 1.00 bits per heavy atom. The van der Waals surface area contributed by atoms with Crippen LogP contribution < -0.4 is 0 Å². The molecule has 25 heavy (non-hydrogen) atoms. The number of allylic oxidation sites excluding steroid dienone is 2. The molecular formula is C22H36O3. The molecule has 0 spiro atoms. The Balaban J connectivity index is 1.59. The quantitative estimate of drug-likeness (QED) is 0.588. The summed E-state index contributed by atoms with van der Waals surface area (Å²) in [5.41, 5.74) is 2.09. The highest BCUT2D eigenvalue weighted by molar-refractivity contribution is 5.23. The molecule has 0 aromatic carbocycles. The standard InChI is InChI=1S/C22H36O3/c1-5-14-6-7-19-17-12-20(23)18-13-22(24-3,25-4)11-9-16(18)15(17)8-10-21(14,19)2/h5,15-20,23H,6-13H2,1-4H3/b14-5-/t15-,16-,17-,18?,19+,20-,21-/m1/s1. The van der Waals surface area contributed by atoms with Crippen LogP contribution in [0.3, 0.4) is 0 Å². The van der Waals surface area contributed by atoms with Crippen molar-refractivity contribution in [1.29, 1.82) is 0 Å². The van der Waals surface area contributed by atoms with Gasteiger partial charge in [-0.05, 0) is 80.5 Å². The molecule has 0 radical (unpaired) electrons. The van der Waals surface area contributed by atoms with Gasteiger partial charge in [0.25, 0.3) is 0 Å². The molecule has 4 rings (SSSR count). The highest BCUT2D eigenvalue weighted by atomic mass is 16.7. The van der Waals surface area contributed by atoms with Crippen LogP contribution in [-0.2, 0) is 9.47 Å². The Bertz CT molecular complexity index is 537. The molecule has 0 saturated heterocycles. The molecule has 4 saturated carbocycles. The third kappa shape index (κ3) is 2.56. The molecule has 1 unspecified atom stereocenters. The van der Waals surface area contributed by atoms with Crippen molar-refractivity contribution in [1.82, 2.24) is 0 Å². The highest BCUT2D eigenvalue weighted by Gasteiger charge is 2.58. The van der Waals surface area contributed by atoms with E-state index in [1.54, 1.807) is 19.8 Å². The van der Waals surface area contributed by atoms with Crippen LogP contribution in [0.1, 0.15) is 65.2 Å². The summed E-state index contributed by atoms with van der Waals surface area (Å²) in [5, 5.41) is 11.1. The Labute approximate surface area is 153 Å². The Kier molecular flexibility index (Phi) is 4.57. The number of aliphatic hydroxyl groups excluding tert-OH is 1. The second-order valence-corrected chi connectivity index (χ2v) is 9.44. The molecule has 0 amide bonds. The zero-order valence-corrected chi connectivity index (χ0v) is 16.5. The van der Waals surface area contributed by atoms with Gasteiger partial charge < -0.3 is 14.6 Å². The molecule has 1 N–H and O–H groups in total. The predicted octanol–water partition coefficient (Wildman–Crippen LogP) is 4.55. The van der Waals surface area contributed by atoms with Crippen LogP contribution in [0.5, 0.6) is 0 Å². The fraction of sp³-hybridized carbons (Fsp3) is 0.909.